The Balaban J connectivity index is 1.94. The largest absolute Gasteiger partial charge is 0.484 e. The zero-order valence-electron chi connectivity index (χ0n) is 16.0. The maximum Gasteiger partial charge on any atom is 0.278 e. The van der Waals surface area contributed by atoms with Crippen LogP contribution >= 0.6 is 15.9 Å². The van der Waals surface area contributed by atoms with Crippen LogP contribution in [-0.4, -0.2) is 20.9 Å². The molecular weight excluding hydrogens is 454 g/mol. The number of sulfonamides is 1. The Labute approximate surface area is 179 Å². The van der Waals surface area contributed by atoms with Crippen molar-refractivity contribution in [3.8, 4) is 5.75 Å². The average Bonchev–Trinajstić information content (AvgIpc) is 2.69. The lowest BCUT2D eigenvalue weighted by Gasteiger charge is -2.23. The van der Waals surface area contributed by atoms with Gasteiger partial charge in [-0.1, -0.05) is 51.3 Å². The van der Waals surface area contributed by atoms with Gasteiger partial charge in [0.25, 0.3) is 15.9 Å². The fourth-order valence-electron chi connectivity index (χ4n) is 2.65. The van der Waals surface area contributed by atoms with Crippen molar-refractivity contribution in [1.82, 2.24) is 0 Å². The van der Waals surface area contributed by atoms with Gasteiger partial charge in [-0.3, -0.25) is 4.79 Å². The van der Waals surface area contributed by atoms with Gasteiger partial charge in [0.05, 0.1) is 10.6 Å². The monoisotopic (exact) mass is 473 g/mol. The molecule has 3 aromatic carbocycles. The average molecular weight is 474 g/mol. The van der Waals surface area contributed by atoms with Gasteiger partial charge in [-0.2, -0.15) is 4.31 Å². The van der Waals surface area contributed by atoms with Crippen LogP contribution in [0.25, 0.3) is 0 Å². The molecule has 0 unspecified atom stereocenters. The number of nitrogens with zero attached hydrogens (tertiary/aromatic N) is 1. The number of halogens is 1. The van der Waals surface area contributed by atoms with E-state index >= 15 is 0 Å². The summed E-state index contributed by atoms with van der Waals surface area (Å²) in [4.78, 5) is 13.0. The van der Waals surface area contributed by atoms with Crippen LogP contribution in [0.1, 0.15) is 11.1 Å². The summed E-state index contributed by atoms with van der Waals surface area (Å²) in [6.07, 6.45) is 0. The molecule has 0 aromatic heterocycles. The molecule has 5 nitrogen and oxygen atoms in total. The smallest absolute Gasteiger partial charge is 0.278 e. The second-order valence-corrected chi connectivity index (χ2v) is 9.26. The van der Waals surface area contributed by atoms with Gasteiger partial charge >= 0.3 is 0 Å². The molecule has 0 saturated carbocycles. The molecule has 1 amide bonds. The molecule has 0 atom stereocenters. The van der Waals surface area contributed by atoms with Gasteiger partial charge in [0.15, 0.2) is 6.61 Å². The maximum absolute atomic E-state index is 13.3. The Bertz CT molecular complexity index is 1090. The number of rotatable bonds is 6. The number of hydrogen-bond acceptors (Lipinski definition) is 4. The van der Waals surface area contributed by atoms with Crippen LogP contribution in [0.4, 0.5) is 5.69 Å². The third kappa shape index (κ3) is 5.05. The van der Waals surface area contributed by atoms with E-state index in [0.29, 0.717) is 5.75 Å². The molecule has 3 aromatic rings. The Morgan fingerprint density at radius 2 is 1.38 bits per heavy atom. The van der Waals surface area contributed by atoms with E-state index in [-0.39, 0.29) is 10.6 Å². The van der Waals surface area contributed by atoms with Crippen LogP contribution in [0.5, 0.6) is 5.75 Å². The van der Waals surface area contributed by atoms with Gasteiger partial charge in [-0.05, 0) is 62.4 Å². The van der Waals surface area contributed by atoms with Crippen LogP contribution < -0.4 is 9.04 Å². The van der Waals surface area contributed by atoms with E-state index in [4.69, 9.17) is 4.74 Å². The SMILES string of the molecule is Cc1ccc(N(C(=O)COc2ccc(Br)cc2)S(=O)(=O)c2ccc(C)cc2)cc1. The second-order valence-electron chi connectivity index (χ2n) is 6.55. The number of amides is 1. The summed E-state index contributed by atoms with van der Waals surface area (Å²) in [6.45, 7) is 3.34. The quantitative estimate of drug-likeness (QED) is 0.512. The number of ether oxygens (including phenoxy) is 1. The first kappa shape index (κ1) is 21.1. The van der Waals surface area contributed by atoms with Crippen LogP contribution in [-0.2, 0) is 14.8 Å². The molecule has 0 spiro atoms. The highest BCUT2D eigenvalue weighted by Gasteiger charge is 2.31. The van der Waals surface area contributed by atoms with Crippen molar-refractivity contribution in [3.63, 3.8) is 0 Å². The number of carbonyl (C=O) groups is 1. The van der Waals surface area contributed by atoms with Crippen molar-refractivity contribution in [1.29, 1.82) is 0 Å². The van der Waals surface area contributed by atoms with Gasteiger partial charge < -0.3 is 4.74 Å². The molecule has 0 aliphatic rings. The molecule has 0 fully saturated rings. The van der Waals surface area contributed by atoms with Crippen LogP contribution in [0.3, 0.4) is 0 Å². The standard InChI is InChI=1S/C22H20BrNO4S/c1-16-3-9-19(10-4-16)24(29(26,27)21-13-5-17(2)6-14-21)22(25)15-28-20-11-7-18(23)8-12-20/h3-14H,15H2,1-2H3. The lowest BCUT2D eigenvalue weighted by molar-refractivity contribution is -0.119. The Morgan fingerprint density at radius 1 is 0.862 bits per heavy atom. The summed E-state index contributed by atoms with van der Waals surface area (Å²) >= 11 is 3.33. The molecule has 0 bridgehead atoms. The van der Waals surface area contributed by atoms with Crippen LogP contribution in [0.15, 0.2) is 82.2 Å². The van der Waals surface area contributed by atoms with Gasteiger partial charge in [0, 0.05) is 4.47 Å². The summed E-state index contributed by atoms with van der Waals surface area (Å²) in [5.74, 6) is -0.213. The Hall–Kier alpha value is -2.64. The molecule has 0 aliphatic carbocycles. The summed E-state index contributed by atoms with van der Waals surface area (Å²) in [6, 6.07) is 20.1. The van der Waals surface area contributed by atoms with Crippen molar-refractivity contribution < 1.29 is 17.9 Å². The van der Waals surface area contributed by atoms with Gasteiger partial charge in [0.2, 0.25) is 0 Å². The van der Waals surface area contributed by atoms with E-state index < -0.39 is 22.5 Å². The lowest BCUT2D eigenvalue weighted by Crippen LogP contribution is -2.40. The predicted molar refractivity (Wildman–Crippen MR) is 117 cm³/mol. The highest BCUT2D eigenvalue weighted by Crippen LogP contribution is 2.25. The molecule has 29 heavy (non-hydrogen) atoms. The Morgan fingerprint density at radius 3 is 1.93 bits per heavy atom. The number of benzene rings is 3. The summed E-state index contributed by atoms with van der Waals surface area (Å²) in [7, 11) is -4.10. The fourth-order valence-corrected chi connectivity index (χ4v) is 4.32. The minimum Gasteiger partial charge on any atom is -0.484 e. The third-order valence-electron chi connectivity index (χ3n) is 4.23. The highest BCUT2D eigenvalue weighted by atomic mass is 79.9. The zero-order valence-corrected chi connectivity index (χ0v) is 18.4. The first-order valence-corrected chi connectivity index (χ1v) is 11.1. The minimum absolute atomic E-state index is 0.0423. The molecule has 0 aliphatic heterocycles. The minimum atomic E-state index is -4.10. The summed E-state index contributed by atoms with van der Waals surface area (Å²) in [5.41, 5.74) is 2.15. The van der Waals surface area contributed by atoms with Crippen molar-refractivity contribution in [2.24, 2.45) is 0 Å². The zero-order chi connectivity index (χ0) is 21.0. The molecule has 150 valence electrons. The molecule has 3 rings (SSSR count). The third-order valence-corrected chi connectivity index (χ3v) is 6.52. The van der Waals surface area contributed by atoms with E-state index in [9.17, 15) is 13.2 Å². The van der Waals surface area contributed by atoms with E-state index in [0.717, 1.165) is 19.9 Å². The number of aryl methyl sites for hydroxylation is 2. The number of anilines is 1. The molecule has 0 saturated heterocycles. The van der Waals surface area contributed by atoms with Gasteiger partial charge in [-0.15, -0.1) is 0 Å². The van der Waals surface area contributed by atoms with Crippen molar-refractivity contribution >= 4 is 37.5 Å². The second kappa shape index (κ2) is 8.80. The van der Waals surface area contributed by atoms with E-state index in [2.05, 4.69) is 15.9 Å². The fraction of sp³-hybridized carbons (Fsp3) is 0.136. The van der Waals surface area contributed by atoms with Crippen LogP contribution in [0, 0.1) is 13.8 Å². The first-order valence-electron chi connectivity index (χ1n) is 8.87. The summed E-state index contributed by atoms with van der Waals surface area (Å²) in [5, 5.41) is 0. The molecular formula is C22H20BrNO4S. The first-order chi connectivity index (χ1) is 13.8. The highest BCUT2D eigenvalue weighted by molar-refractivity contribution is 9.10. The molecule has 7 heteroatoms. The van der Waals surface area contributed by atoms with E-state index in [1.165, 1.54) is 12.1 Å². The summed E-state index contributed by atoms with van der Waals surface area (Å²) < 4.78 is 33.7. The lowest BCUT2D eigenvalue weighted by atomic mass is 10.2. The van der Waals surface area contributed by atoms with Gasteiger partial charge in [-0.25, -0.2) is 8.42 Å². The maximum atomic E-state index is 13.3. The number of carbonyl (C=O) groups excluding carboxylic acids is 1. The topological polar surface area (TPSA) is 63.7 Å². The van der Waals surface area contributed by atoms with E-state index in [1.807, 2.05) is 13.8 Å². The van der Waals surface area contributed by atoms with E-state index in [1.54, 1.807) is 60.7 Å². The van der Waals surface area contributed by atoms with Crippen molar-refractivity contribution in [3.05, 3.63) is 88.4 Å². The van der Waals surface area contributed by atoms with Crippen molar-refractivity contribution in [2.75, 3.05) is 10.9 Å². The Kier molecular flexibility index (Phi) is 6.39. The molecule has 0 heterocycles. The normalized spacial score (nSPS) is 11.1. The number of hydrogen-bond donors (Lipinski definition) is 0. The molecule has 0 radical (unpaired) electrons. The van der Waals surface area contributed by atoms with Crippen LogP contribution in [0.2, 0.25) is 0 Å². The van der Waals surface area contributed by atoms with Crippen molar-refractivity contribution in [2.45, 2.75) is 18.7 Å². The van der Waals surface area contributed by atoms with Gasteiger partial charge in [0.1, 0.15) is 5.75 Å². The molecule has 0 N–H and O–H groups in total. The predicted octanol–water partition coefficient (Wildman–Crippen LogP) is 4.87.